The summed E-state index contributed by atoms with van der Waals surface area (Å²) in [4.78, 5) is 12.2. The van der Waals surface area contributed by atoms with Crippen LogP contribution < -0.4 is 0 Å². The van der Waals surface area contributed by atoms with Gasteiger partial charge < -0.3 is 4.74 Å². The molecule has 160 valence electrons. The van der Waals surface area contributed by atoms with E-state index < -0.39 is 0 Å². The molecule has 1 rings (SSSR count). The minimum Gasteiger partial charge on any atom is -0.462 e. The van der Waals surface area contributed by atoms with Crippen molar-refractivity contribution in [1.29, 1.82) is 0 Å². The fourth-order valence-corrected chi connectivity index (χ4v) is 4.59. The lowest BCUT2D eigenvalue weighted by Crippen LogP contribution is -2.35. The van der Waals surface area contributed by atoms with Crippen molar-refractivity contribution in [2.45, 2.75) is 137 Å². The van der Waals surface area contributed by atoms with E-state index in [4.69, 9.17) is 4.74 Å². The van der Waals surface area contributed by atoms with Crippen molar-refractivity contribution < 1.29 is 9.53 Å². The molecule has 0 N–H and O–H groups in total. The van der Waals surface area contributed by atoms with Gasteiger partial charge in [-0.3, -0.25) is 4.79 Å². The van der Waals surface area contributed by atoms with E-state index in [1.807, 2.05) is 0 Å². The van der Waals surface area contributed by atoms with Gasteiger partial charge in [0.15, 0.2) is 0 Å². The summed E-state index contributed by atoms with van der Waals surface area (Å²) in [6.45, 7) is 9.11. The van der Waals surface area contributed by atoms with Gasteiger partial charge in [-0.05, 0) is 37.0 Å². The molecule has 1 aliphatic carbocycles. The lowest BCUT2D eigenvalue weighted by Gasteiger charge is -2.36. The third kappa shape index (κ3) is 11.8. The number of hydrogen-bond acceptors (Lipinski definition) is 2. The van der Waals surface area contributed by atoms with Crippen molar-refractivity contribution in [2.75, 3.05) is 0 Å². The fraction of sp³-hybridized carbons (Fsp3) is 0.960. The highest BCUT2D eigenvalue weighted by Gasteiger charge is 2.33. The van der Waals surface area contributed by atoms with Crippen LogP contribution in [0.4, 0.5) is 0 Å². The Morgan fingerprint density at radius 2 is 1.37 bits per heavy atom. The summed E-state index contributed by atoms with van der Waals surface area (Å²) in [5.41, 5.74) is 0. The predicted octanol–water partition coefficient (Wildman–Crippen LogP) is 8.08. The zero-order valence-electron chi connectivity index (χ0n) is 18.9. The zero-order valence-corrected chi connectivity index (χ0v) is 18.9. The Morgan fingerprint density at radius 1 is 0.852 bits per heavy atom. The lowest BCUT2D eigenvalue weighted by atomic mass is 9.75. The average molecular weight is 381 g/mol. The molecule has 0 aromatic carbocycles. The number of hydrogen-bond donors (Lipinski definition) is 0. The Hall–Kier alpha value is -0.530. The van der Waals surface area contributed by atoms with Gasteiger partial charge in [0, 0.05) is 6.42 Å². The Kier molecular flexibility index (Phi) is 14.0. The highest BCUT2D eigenvalue weighted by atomic mass is 16.5. The normalized spacial score (nSPS) is 22.9. The van der Waals surface area contributed by atoms with Gasteiger partial charge in [-0.1, -0.05) is 105 Å². The second kappa shape index (κ2) is 15.4. The molecule has 0 amide bonds. The first-order valence-electron chi connectivity index (χ1n) is 12.2. The summed E-state index contributed by atoms with van der Waals surface area (Å²) < 4.78 is 5.90. The molecule has 27 heavy (non-hydrogen) atoms. The molecule has 1 saturated carbocycles. The monoisotopic (exact) mass is 380 g/mol. The van der Waals surface area contributed by atoms with Crippen LogP contribution in [0.25, 0.3) is 0 Å². The van der Waals surface area contributed by atoms with Crippen molar-refractivity contribution in [3.63, 3.8) is 0 Å². The minimum atomic E-state index is 0.0480. The predicted molar refractivity (Wildman–Crippen MR) is 117 cm³/mol. The largest absolute Gasteiger partial charge is 0.462 e. The summed E-state index contributed by atoms with van der Waals surface area (Å²) in [7, 11) is 0. The maximum Gasteiger partial charge on any atom is 0.306 e. The maximum atomic E-state index is 12.2. The first kappa shape index (κ1) is 24.5. The molecule has 0 spiro atoms. The van der Waals surface area contributed by atoms with Crippen LogP contribution in [0.1, 0.15) is 130 Å². The summed E-state index contributed by atoms with van der Waals surface area (Å²) >= 11 is 0. The van der Waals surface area contributed by atoms with E-state index in [9.17, 15) is 4.79 Å². The molecule has 0 unspecified atom stereocenters. The number of esters is 1. The number of ether oxygens (including phenoxy) is 1. The van der Waals surface area contributed by atoms with Crippen LogP contribution in [0.3, 0.4) is 0 Å². The van der Waals surface area contributed by atoms with Gasteiger partial charge in [-0.15, -0.1) is 0 Å². The zero-order chi connectivity index (χ0) is 19.9. The second-order valence-electron chi connectivity index (χ2n) is 9.49. The molecule has 1 fully saturated rings. The van der Waals surface area contributed by atoms with Crippen molar-refractivity contribution >= 4 is 5.97 Å². The molecule has 0 aromatic heterocycles. The molecule has 0 aliphatic heterocycles. The van der Waals surface area contributed by atoms with E-state index >= 15 is 0 Å². The van der Waals surface area contributed by atoms with Gasteiger partial charge in [0.25, 0.3) is 0 Å². The maximum absolute atomic E-state index is 12.2. The molecule has 2 heteroatoms. The van der Waals surface area contributed by atoms with Crippen molar-refractivity contribution in [2.24, 2.45) is 17.8 Å². The van der Waals surface area contributed by atoms with Crippen molar-refractivity contribution in [3.8, 4) is 0 Å². The quantitative estimate of drug-likeness (QED) is 0.212. The van der Waals surface area contributed by atoms with Gasteiger partial charge in [0.05, 0.1) is 0 Å². The Balaban J connectivity index is 1.99. The first-order chi connectivity index (χ1) is 13.0. The van der Waals surface area contributed by atoms with E-state index in [2.05, 4.69) is 27.7 Å². The van der Waals surface area contributed by atoms with Gasteiger partial charge in [-0.25, -0.2) is 0 Å². The van der Waals surface area contributed by atoms with E-state index in [0.717, 1.165) is 12.8 Å². The van der Waals surface area contributed by atoms with Crippen molar-refractivity contribution in [3.05, 3.63) is 0 Å². The topological polar surface area (TPSA) is 26.3 Å². The van der Waals surface area contributed by atoms with Gasteiger partial charge >= 0.3 is 5.97 Å². The van der Waals surface area contributed by atoms with Gasteiger partial charge in [0.2, 0.25) is 0 Å². The molecule has 0 bridgehead atoms. The Morgan fingerprint density at radius 3 is 1.89 bits per heavy atom. The smallest absolute Gasteiger partial charge is 0.306 e. The molecule has 0 heterocycles. The number of rotatable bonds is 15. The molecule has 0 radical (unpaired) electrons. The molecular weight excluding hydrogens is 332 g/mol. The van der Waals surface area contributed by atoms with Crippen LogP contribution >= 0.6 is 0 Å². The van der Waals surface area contributed by atoms with Crippen LogP contribution in [0.15, 0.2) is 0 Å². The van der Waals surface area contributed by atoms with E-state index in [-0.39, 0.29) is 12.1 Å². The second-order valence-corrected chi connectivity index (χ2v) is 9.49. The van der Waals surface area contributed by atoms with Crippen LogP contribution in [0.5, 0.6) is 0 Å². The molecular formula is C25H48O2. The summed E-state index contributed by atoms with van der Waals surface area (Å²) in [6.07, 6.45) is 20.3. The third-order valence-corrected chi connectivity index (χ3v) is 6.48. The van der Waals surface area contributed by atoms with Gasteiger partial charge in [0.1, 0.15) is 6.10 Å². The van der Waals surface area contributed by atoms with E-state index in [1.54, 1.807) is 0 Å². The Bertz CT molecular complexity index is 363. The fourth-order valence-electron chi connectivity index (χ4n) is 4.59. The highest BCUT2D eigenvalue weighted by molar-refractivity contribution is 5.69. The standard InChI is InChI=1S/C25H48O2/c1-5-6-7-8-9-10-11-12-13-14-15-16-17-25(26)27-24-20-22(4)18-19-23(24)21(2)3/h21-24H,5-20H2,1-4H3/t22-,23+,24-/m1/s1. The number of carbonyl (C=O) groups is 1. The average Bonchev–Trinajstić information content (AvgIpc) is 2.62. The first-order valence-corrected chi connectivity index (χ1v) is 12.2. The van der Waals surface area contributed by atoms with E-state index in [1.165, 1.54) is 83.5 Å². The highest BCUT2D eigenvalue weighted by Crippen LogP contribution is 2.35. The number of unbranched alkanes of at least 4 members (excludes halogenated alkanes) is 11. The van der Waals surface area contributed by atoms with E-state index in [0.29, 0.717) is 24.2 Å². The Labute approximate surface area is 170 Å². The minimum absolute atomic E-state index is 0.0480. The third-order valence-electron chi connectivity index (χ3n) is 6.48. The molecule has 2 nitrogen and oxygen atoms in total. The molecule has 1 aliphatic rings. The molecule has 3 atom stereocenters. The number of carbonyl (C=O) groups excluding carboxylic acids is 1. The van der Waals surface area contributed by atoms with Crippen LogP contribution in [-0.2, 0) is 9.53 Å². The summed E-state index contributed by atoms with van der Waals surface area (Å²) in [6, 6.07) is 0. The van der Waals surface area contributed by atoms with Crippen LogP contribution in [0.2, 0.25) is 0 Å². The SMILES string of the molecule is CCCCCCCCCCCCCCC(=O)O[C@@H]1C[C@H](C)CC[C@H]1C(C)C. The summed E-state index contributed by atoms with van der Waals surface area (Å²) in [5.74, 6) is 1.92. The lowest BCUT2D eigenvalue weighted by molar-refractivity contribution is -0.156. The molecule has 0 aromatic rings. The van der Waals surface area contributed by atoms with Crippen molar-refractivity contribution in [1.82, 2.24) is 0 Å². The summed E-state index contributed by atoms with van der Waals surface area (Å²) in [5, 5.41) is 0. The van der Waals surface area contributed by atoms with Crippen LogP contribution in [0, 0.1) is 17.8 Å². The van der Waals surface area contributed by atoms with Crippen LogP contribution in [-0.4, -0.2) is 12.1 Å². The molecule has 0 saturated heterocycles. The van der Waals surface area contributed by atoms with Gasteiger partial charge in [-0.2, -0.15) is 0 Å².